The van der Waals surface area contributed by atoms with Crippen molar-refractivity contribution in [2.75, 3.05) is 26.8 Å². The standard InChI is InChI=1S/C19H31N3O3.HI/c1-3-20-19(22-15-5-7-16(23)8-6-15)21-13-4-14-25-18-11-9-17(24-2)10-12-18;/h9-12,15-16,23H,3-8,13-14H2,1-2H3,(H2,20,21,22);1H. The molecule has 148 valence electrons. The van der Waals surface area contributed by atoms with E-state index >= 15 is 0 Å². The van der Waals surface area contributed by atoms with Crippen molar-refractivity contribution in [2.45, 2.75) is 51.2 Å². The number of ether oxygens (including phenoxy) is 2. The van der Waals surface area contributed by atoms with Gasteiger partial charge in [0.05, 0.1) is 19.8 Å². The maximum atomic E-state index is 9.59. The van der Waals surface area contributed by atoms with Gasteiger partial charge in [0.2, 0.25) is 0 Å². The second kappa shape index (κ2) is 13.0. The van der Waals surface area contributed by atoms with Gasteiger partial charge in [0, 0.05) is 25.6 Å². The summed E-state index contributed by atoms with van der Waals surface area (Å²) in [5, 5.41) is 16.3. The Balaban J connectivity index is 0.00000338. The lowest BCUT2D eigenvalue weighted by molar-refractivity contribution is 0.120. The number of hydrogen-bond acceptors (Lipinski definition) is 4. The Kier molecular flexibility index (Phi) is 11.4. The van der Waals surface area contributed by atoms with Crippen LogP contribution in [0, 0.1) is 0 Å². The first-order valence-corrected chi connectivity index (χ1v) is 9.21. The van der Waals surface area contributed by atoms with Crippen LogP contribution in [0.1, 0.15) is 39.0 Å². The van der Waals surface area contributed by atoms with Gasteiger partial charge in [-0.15, -0.1) is 24.0 Å². The molecule has 3 N–H and O–H groups in total. The lowest BCUT2D eigenvalue weighted by atomic mass is 9.93. The van der Waals surface area contributed by atoms with Gasteiger partial charge in [0.1, 0.15) is 11.5 Å². The molecule has 6 nitrogen and oxygen atoms in total. The highest BCUT2D eigenvalue weighted by molar-refractivity contribution is 14.0. The van der Waals surface area contributed by atoms with E-state index in [-0.39, 0.29) is 30.1 Å². The van der Waals surface area contributed by atoms with Crippen LogP contribution < -0.4 is 20.1 Å². The minimum Gasteiger partial charge on any atom is -0.497 e. The number of guanidine groups is 1. The summed E-state index contributed by atoms with van der Waals surface area (Å²) in [7, 11) is 1.65. The SMILES string of the molecule is CCNC(=NCCCOc1ccc(OC)cc1)NC1CCC(O)CC1.I. The van der Waals surface area contributed by atoms with Crippen molar-refractivity contribution >= 4 is 29.9 Å². The number of benzene rings is 1. The molecule has 0 heterocycles. The van der Waals surface area contributed by atoms with Crippen LogP contribution >= 0.6 is 24.0 Å². The lowest BCUT2D eigenvalue weighted by Gasteiger charge is -2.27. The van der Waals surface area contributed by atoms with E-state index in [9.17, 15) is 5.11 Å². The Morgan fingerprint density at radius 2 is 1.81 bits per heavy atom. The van der Waals surface area contributed by atoms with Crippen LogP contribution in [0.2, 0.25) is 0 Å². The smallest absolute Gasteiger partial charge is 0.191 e. The zero-order valence-electron chi connectivity index (χ0n) is 15.7. The summed E-state index contributed by atoms with van der Waals surface area (Å²) < 4.78 is 10.8. The molecule has 1 aliphatic carbocycles. The van der Waals surface area contributed by atoms with Gasteiger partial charge in [-0.1, -0.05) is 0 Å². The van der Waals surface area contributed by atoms with E-state index in [0.717, 1.165) is 56.1 Å². The van der Waals surface area contributed by atoms with E-state index in [1.165, 1.54) is 0 Å². The first-order valence-electron chi connectivity index (χ1n) is 9.21. The van der Waals surface area contributed by atoms with E-state index in [4.69, 9.17) is 9.47 Å². The van der Waals surface area contributed by atoms with Crippen molar-refractivity contribution in [2.24, 2.45) is 4.99 Å². The van der Waals surface area contributed by atoms with Crippen molar-refractivity contribution in [3.05, 3.63) is 24.3 Å². The molecule has 1 fully saturated rings. The van der Waals surface area contributed by atoms with Crippen molar-refractivity contribution in [1.29, 1.82) is 0 Å². The summed E-state index contributed by atoms with van der Waals surface area (Å²) in [4.78, 5) is 4.62. The molecule has 0 aliphatic heterocycles. The van der Waals surface area contributed by atoms with Gasteiger partial charge >= 0.3 is 0 Å². The summed E-state index contributed by atoms with van der Waals surface area (Å²) >= 11 is 0. The van der Waals surface area contributed by atoms with E-state index in [1.807, 2.05) is 24.3 Å². The molecule has 0 atom stereocenters. The normalized spacial score (nSPS) is 20.0. The second-order valence-electron chi connectivity index (χ2n) is 6.29. The lowest BCUT2D eigenvalue weighted by Crippen LogP contribution is -2.45. The average Bonchev–Trinajstić information content (AvgIpc) is 2.64. The molecule has 1 aliphatic rings. The quantitative estimate of drug-likeness (QED) is 0.233. The molecule has 1 aromatic carbocycles. The Bertz CT molecular complexity index is 517. The van der Waals surface area contributed by atoms with Gasteiger partial charge in [-0.05, 0) is 56.9 Å². The van der Waals surface area contributed by atoms with Gasteiger partial charge in [0.25, 0.3) is 0 Å². The van der Waals surface area contributed by atoms with E-state index in [2.05, 4.69) is 22.5 Å². The Morgan fingerprint density at radius 1 is 1.15 bits per heavy atom. The van der Waals surface area contributed by atoms with Crippen LogP contribution in [0.4, 0.5) is 0 Å². The van der Waals surface area contributed by atoms with Crippen molar-refractivity contribution in [3.63, 3.8) is 0 Å². The minimum absolute atomic E-state index is 0. The number of aliphatic hydroxyl groups is 1. The average molecular weight is 477 g/mol. The molecule has 1 aromatic rings. The number of nitrogens with zero attached hydrogens (tertiary/aromatic N) is 1. The number of aliphatic hydroxyl groups excluding tert-OH is 1. The predicted molar refractivity (Wildman–Crippen MR) is 116 cm³/mol. The number of rotatable bonds is 8. The number of methoxy groups -OCH3 is 1. The number of aliphatic imine (C=N–C) groups is 1. The second-order valence-corrected chi connectivity index (χ2v) is 6.29. The van der Waals surface area contributed by atoms with Gasteiger partial charge in [-0.3, -0.25) is 4.99 Å². The molecule has 2 rings (SSSR count). The molecule has 0 aromatic heterocycles. The molecular weight excluding hydrogens is 445 g/mol. The summed E-state index contributed by atoms with van der Waals surface area (Å²) in [5.41, 5.74) is 0. The highest BCUT2D eigenvalue weighted by Gasteiger charge is 2.19. The van der Waals surface area contributed by atoms with Crippen molar-refractivity contribution in [1.82, 2.24) is 10.6 Å². The molecule has 26 heavy (non-hydrogen) atoms. The van der Waals surface area contributed by atoms with Gasteiger partial charge < -0.3 is 25.2 Å². The van der Waals surface area contributed by atoms with E-state index in [1.54, 1.807) is 7.11 Å². The highest BCUT2D eigenvalue weighted by Crippen LogP contribution is 2.18. The number of nitrogens with one attached hydrogen (secondary N) is 2. The third-order valence-electron chi connectivity index (χ3n) is 4.28. The fraction of sp³-hybridized carbons (Fsp3) is 0.632. The molecule has 0 spiro atoms. The topological polar surface area (TPSA) is 75.1 Å². The van der Waals surface area contributed by atoms with Crippen molar-refractivity contribution in [3.8, 4) is 11.5 Å². The molecule has 1 saturated carbocycles. The Hall–Kier alpha value is -1.22. The molecule has 0 amide bonds. The molecule has 0 bridgehead atoms. The molecule has 7 heteroatoms. The van der Waals surface area contributed by atoms with Crippen LogP contribution in [-0.4, -0.2) is 50.0 Å². The third kappa shape index (κ3) is 8.44. The minimum atomic E-state index is -0.132. The Labute approximate surface area is 173 Å². The van der Waals surface area contributed by atoms with E-state index in [0.29, 0.717) is 19.2 Å². The summed E-state index contributed by atoms with van der Waals surface area (Å²) in [5.74, 6) is 2.53. The highest BCUT2D eigenvalue weighted by atomic mass is 127. The van der Waals surface area contributed by atoms with Gasteiger partial charge in [0.15, 0.2) is 5.96 Å². The number of hydrogen-bond donors (Lipinski definition) is 3. The van der Waals surface area contributed by atoms with Gasteiger partial charge in [-0.2, -0.15) is 0 Å². The summed E-state index contributed by atoms with van der Waals surface area (Å²) in [6.45, 7) is 4.24. The summed E-state index contributed by atoms with van der Waals surface area (Å²) in [6.07, 6.45) is 4.44. The molecule has 0 saturated heterocycles. The summed E-state index contributed by atoms with van der Waals surface area (Å²) in [6, 6.07) is 8.00. The monoisotopic (exact) mass is 477 g/mol. The van der Waals surface area contributed by atoms with Gasteiger partial charge in [-0.25, -0.2) is 0 Å². The Morgan fingerprint density at radius 3 is 2.42 bits per heavy atom. The maximum absolute atomic E-state index is 9.59. The zero-order valence-corrected chi connectivity index (χ0v) is 18.1. The largest absolute Gasteiger partial charge is 0.497 e. The first kappa shape index (κ1) is 22.8. The fourth-order valence-corrected chi connectivity index (χ4v) is 2.85. The van der Waals surface area contributed by atoms with Crippen LogP contribution in [0.5, 0.6) is 11.5 Å². The molecular formula is C19H32IN3O3. The van der Waals surface area contributed by atoms with Crippen molar-refractivity contribution < 1.29 is 14.6 Å². The third-order valence-corrected chi connectivity index (χ3v) is 4.28. The first-order chi connectivity index (χ1) is 12.2. The maximum Gasteiger partial charge on any atom is 0.191 e. The number of halogens is 1. The van der Waals surface area contributed by atoms with Crippen LogP contribution in [-0.2, 0) is 0 Å². The van der Waals surface area contributed by atoms with Crippen LogP contribution in [0.3, 0.4) is 0 Å². The molecule has 0 unspecified atom stereocenters. The zero-order chi connectivity index (χ0) is 17.9. The molecule has 0 radical (unpaired) electrons. The fourth-order valence-electron chi connectivity index (χ4n) is 2.85. The predicted octanol–water partition coefficient (Wildman–Crippen LogP) is 2.94. The van der Waals surface area contributed by atoms with Crippen LogP contribution in [0.25, 0.3) is 0 Å². The van der Waals surface area contributed by atoms with Crippen LogP contribution in [0.15, 0.2) is 29.3 Å². The van der Waals surface area contributed by atoms with E-state index < -0.39 is 0 Å².